The van der Waals surface area contributed by atoms with Crippen molar-refractivity contribution in [3.8, 4) is 22.4 Å². The van der Waals surface area contributed by atoms with Gasteiger partial charge < -0.3 is 5.73 Å². The Morgan fingerprint density at radius 3 is 2.12 bits per heavy atom. The highest BCUT2D eigenvalue weighted by Crippen LogP contribution is 2.34. The van der Waals surface area contributed by atoms with Gasteiger partial charge in [0.05, 0.1) is 11.3 Å². The van der Waals surface area contributed by atoms with Crippen LogP contribution in [0.2, 0.25) is 0 Å². The molecule has 3 aromatic rings. The minimum atomic E-state index is -0.447. The van der Waals surface area contributed by atoms with Crippen LogP contribution in [0.25, 0.3) is 22.4 Å². The summed E-state index contributed by atoms with van der Waals surface area (Å²) < 4.78 is 0. The zero-order valence-electron chi connectivity index (χ0n) is 13.4. The summed E-state index contributed by atoms with van der Waals surface area (Å²) in [6.07, 6.45) is 0. The van der Waals surface area contributed by atoms with Gasteiger partial charge in [0.25, 0.3) is 5.91 Å². The van der Waals surface area contributed by atoms with E-state index in [1.165, 1.54) is 11.8 Å². The highest BCUT2D eigenvalue weighted by molar-refractivity contribution is 7.99. The van der Waals surface area contributed by atoms with E-state index in [2.05, 4.69) is 0 Å². The van der Waals surface area contributed by atoms with Gasteiger partial charge >= 0.3 is 0 Å². The van der Waals surface area contributed by atoms with Gasteiger partial charge in [0.15, 0.2) is 0 Å². The monoisotopic (exact) mass is 334 g/mol. The molecule has 0 aliphatic carbocycles. The molecular formula is C20H18N2OS. The summed E-state index contributed by atoms with van der Waals surface area (Å²) in [5.41, 5.74) is 9.82. The molecule has 0 saturated heterocycles. The summed E-state index contributed by atoms with van der Waals surface area (Å²) in [7, 11) is 0. The predicted octanol–water partition coefficient (Wildman–Crippen LogP) is 4.63. The van der Waals surface area contributed by atoms with E-state index in [4.69, 9.17) is 10.7 Å². The molecule has 0 saturated carbocycles. The molecule has 2 aromatic carbocycles. The lowest BCUT2D eigenvalue weighted by Crippen LogP contribution is -2.15. The number of nitrogens with zero attached hydrogens (tertiary/aromatic N) is 1. The lowest BCUT2D eigenvalue weighted by molar-refractivity contribution is 0.0997. The first-order valence-electron chi connectivity index (χ1n) is 7.79. The Bertz CT molecular complexity index is 848. The fraction of sp³-hybridized carbons (Fsp3) is 0.100. The molecule has 0 aliphatic heterocycles. The average molecular weight is 334 g/mol. The number of rotatable bonds is 5. The predicted molar refractivity (Wildman–Crippen MR) is 100 cm³/mol. The number of pyridine rings is 1. The molecule has 0 fully saturated rings. The van der Waals surface area contributed by atoms with Crippen LogP contribution >= 0.6 is 11.8 Å². The fourth-order valence-corrected chi connectivity index (χ4v) is 3.39. The normalized spacial score (nSPS) is 10.5. The van der Waals surface area contributed by atoms with Crippen molar-refractivity contribution in [1.82, 2.24) is 4.98 Å². The Hall–Kier alpha value is -2.59. The van der Waals surface area contributed by atoms with Crippen molar-refractivity contribution in [3.63, 3.8) is 0 Å². The summed E-state index contributed by atoms with van der Waals surface area (Å²) in [4.78, 5) is 16.8. The Balaban J connectivity index is 2.28. The molecule has 1 amide bonds. The molecule has 0 bridgehead atoms. The number of amides is 1. The Labute approximate surface area is 145 Å². The van der Waals surface area contributed by atoms with E-state index in [1.54, 1.807) is 0 Å². The van der Waals surface area contributed by atoms with Crippen LogP contribution in [-0.4, -0.2) is 16.6 Å². The second-order valence-corrected chi connectivity index (χ2v) is 6.52. The first-order valence-corrected chi connectivity index (χ1v) is 8.77. The summed E-state index contributed by atoms with van der Waals surface area (Å²) in [6.45, 7) is 2.04. The van der Waals surface area contributed by atoms with Gasteiger partial charge in [0.1, 0.15) is 5.03 Å². The van der Waals surface area contributed by atoms with E-state index in [1.807, 2.05) is 73.7 Å². The molecule has 0 radical (unpaired) electrons. The van der Waals surface area contributed by atoms with Crippen molar-refractivity contribution < 1.29 is 4.79 Å². The van der Waals surface area contributed by atoms with Crippen LogP contribution in [0.15, 0.2) is 71.8 Å². The highest BCUT2D eigenvalue weighted by Gasteiger charge is 2.19. The third kappa shape index (κ3) is 3.34. The number of hydrogen-bond acceptors (Lipinski definition) is 3. The van der Waals surface area contributed by atoms with Crippen molar-refractivity contribution in [2.75, 3.05) is 5.75 Å². The Morgan fingerprint density at radius 2 is 1.58 bits per heavy atom. The molecule has 0 atom stereocenters. The quantitative estimate of drug-likeness (QED) is 0.692. The zero-order chi connectivity index (χ0) is 16.9. The minimum absolute atomic E-state index is 0.447. The number of aromatic nitrogens is 1. The summed E-state index contributed by atoms with van der Waals surface area (Å²) in [6, 6.07) is 21.7. The number of carbonyl (C=O) groups is 1. The van der Waals surface area contributed by atoms with Gasteiger partial charge in [-0.3, -0.25) is 4.79 Å². The first-order chi connectivity index (χ1) is 11.7. The van der Waals surface area contributed by atoms with Crippen molar-refractivity contribution in [3.05, 3.63) is 72.3 Å². The molecule has 3 rings (SSSR count). The van der Waals surface area contributed by atoms with Crippen molar-refractivity contribution in [1.29, 1.82) is 0 Å². The van der Waals surface area contributed by atoms with Crippen molar-refractivity contribution in [2.24, 2.45) is 5.73 Å². The lowest BCUT2D eigenvalue weighted by atomic mass is 9.98. The lowest BCUT2D eigenvalue weighted by Gasteiger charge is -2.14. The van der Waals surface area contributed by atoms with Crippen molar-refractivity contribution >= 4 is 17.7 Å². The van der Waals surface area contributed by atoms with Crippen LogP contribution in [0.1, 0.15) is 17.3 Å². The maximum atomic E-state index is 12.1. The molecule has 4 heteroatoms. The van der Waals surface area contributed by atoms with E-state index in [0.717, 1.165) is 28.1 Å². The van der Waals surface area contributed by atoms with Gasteiger partial charge in [-0.25, -0.2) is 4.98 Å². The van der Waals surface area contributed by atoms with E-state index in [9.17, 15) is 4.79 Å². The van der Waals surface area contributed by atoms with Crippen LogP contribution in [0, 0.1) is 0 Å². The molecule has 2 N–H and O–H groups in total. The number of thioether (sulfide) groups is 1. The van der Waals surface area contributed by atoms with Gasteiger partial charge in [0.2, 0.25) is 0 Å². The molecule has 3 nitrogen and oxygen atoms in total. The number of nitrogens with two attached hydrogens (primary N) is 1. The minimum Gasteiger partial charge on any atom is -0.365 e. The van der Waals surface area contributed by atoms with Gasteiger partial charge in [-0.05, 0) is 22.9 Å². The second kappa shape index (κ2) is 7.32. The number of carbonyl (C=O) groups excluding carboxylic acids is 1. The number of hydrogen-bond donors (Lipinski definition) is 1. The summed E-state index contributed by atoms with van der Waals surface area (Å²) in [5.74, 6) is 0.372. The van der Waals surface area contributed by atoms with Crippen LogP contribution in [-0.2, 0) is 0 Å². The average Bonchev–Trinajstić information content (AvgIpc) is 2.62. The molecule has 0 spiro atoms. The molecule has 1 heterocycles. The standard InChI is InChI=1S/C20H18N2OS/c1-2-24-20-18(19(21)23)16(14-9-5-3-6-10-14)13-17(22-20)15-11-7-4-8-12-15/h3-13H,2H2,1H3,(H2,21,23). The molecule has 1 aromatic heterocycles. The third-order valence-electron chi connectivity index (χ3n) is 3.67. The maximum Gasteiger partial charge on any atom is 0.252 e. The Kier molecular flexibility index (Phi) is 4.96. The molecule has 0 unspecified atom stereocenters. The molecular weight excluding hydrogens is 316 g/mol. The van der Waals surface area contributed by atoms with E-state index in [0.29, 0.717) is 10.6 Å². The van der Waals surface area contributed by atoms with E-state index < -0.39 is 5.91 Å². The number of benzene rings is 2. The number of primary amides is 1. The van der Waals surface area contributed by atoms with Crippen molar-refractivity contribution in [2.45, 2.75) is 11.9 Å². The van der Waals surface area contributed by atoms with E-state index in [-0.39, 0.29) is 0 Å². The van der Waals surface area contributed by atoms with Crippen LogP contribution in [0.4, 0.5) is 0 Å². The maximum absolute atomic E-state index is 12.1. The topological polar surface area (TPSA) is 56.0 Å². The van der Waals surface area contributed by atoms with Gasteiger partial charge in [-0.1, -0.05) is 67.6 Å². The zero-order valence-corrected chi connectivity index (χ0v) is 14.2. The SMILES string of the molecule is CCSc1nc(-c2ccccc2)cc(-c2ccccc2)c1C(N)=O. The molecule has 120 valence electrons. The Morgan fingerprint density at radius 1 is 1.00 bits per heavy atom. The van der Waals surface area contributed by atoms with Crippen LogP contribution in [0.5, 0.6) is 0 Å². The second-order valence-electron chi connectivity index (χ2n) is 5.26. The summed E-state index contributed by atoms with van der Waals surface area (Å²) >= 11 is 1.54. The van der Waals surface area contributed by atoms with Gasteiger partial charge in [0, 0.05) is 5.56 Å². The fourth-order valence-electron chi connectivity index (χ4n) is 2.60. The van der Waals surface area contributed by atoms with E-state index >= 15 is 0 Å². The summed E-state index contributed by atoms with van der Waals surface area (Å²) in [5, 5.41) is 0.685. The molecule has 0 aliphatic rings. The molecule has 24 heavy (non-hydrogen) atoms. The highest BCUT2D eigenvalue weighted by atomic mass is 32.2. The smallest absolute Gasteiger partial charge is 0.252 e. The largest absolute Gasteiger partial charge is 0.365 e. The van der Waals surface area contributed by atoms with Crippen LogP contribution < -0.4 is 5.73 Å². The third-order valence-corrected chi connectivity index (χ3v) is 4.53. The van der Waals surface area contributed by atoms with Gasteiger partial charge in [-0.15, -0.1) is 11.8 Å². The van der Waals surface area contributed by atoms with Gasteiger partial charge in [-0.2, -0.15) is 0 Å². The first kappa shape index (κ1) is 16.3. The van der Waals surface area contributed by atoms with Crippen LogP contribution in [0.3, 0.4) is 0 Å².